The Morgan fingerprint density at radius 3 is 1.81 bits per heavy atom. The molecule has 2 aromatic rings. The highest BCUT2D eigenvalue weighted by Crippen LogP contribution is 2.28. The second-order valence-corrected chi connectivity index (χ2v) is 9.46. The van der Waals surface area contributed by atoms with Crippen LogP contribution in [0.4, 0.5) is 0 Å². The lowest BCUT2D eigenvalue weighted by Gasteiger charge is -2.30. The molecule has 1 fully saturated rings. The first-order valence-electron chi connectivity index (χ1n) is 13.2. The third-order valence-electron chi connectivity index (χ3n) is 6.73. The molecular weight excluding hydrogens is 392 g/mol. The van der Waals surface area contributed by atoms with E-state index >= 15 is 0 Å². The van der Waals surface area contributed by atoms with E-state index in [1.165, 1.54) is 92.9 Å². The molecule has 0 bridgehead atoms. The van der Waals surface area contributed by atoms with Gasteiger partial charge in [-0.2, -0.15) is 0 Å². The Kier molecular flexibility index (Phi) is 11.3. The lowest BCUT2D eigenvalue weighted by Crippen LogP contribution is -2.31. The quantitative estimate of drug-likeness (QED) is 0.276. The Balaban J connectivity index is 1.41. The van der Waals surface area contributed by atoms with Crippen molar-refractivity contribution in [3.8, 4) is 11.1 Å². The molecule has 32 heavy (non-hydrogen) atoms. The van der Waals surface area contributed by atoms with Gasteiger partial charge in [0.15, 0.2) is 0 Å². The van der Waals surface area contributed by atoms with Crippen LogP contribution < -0.4 is 0 Å². The van der Waals surface area contributed by atoms with Crippen LogP contribution in [-0.2, 0) is 15.9 Å². The van der Waals surface area contributed by atoms with Crippen LogP contribution in [-0.4, -0.2) is 19.3 Å². The molecule has 0 aliphatic carbocycles. The summed E-state index contributed by atoms with van der Waals surface area (Å²) in [5.41, 5.74) is 5.23. The van der Waals surface area contributed by atoms with Gasteiger partial charge in [0.25, 0.3) is 0 Å². The average molecular weight is 437 g/mol. The maximum absolute atomic E-state index is 6.15. The minimum Gasteiger partial charge on any atom is -0.373 e. The predicted octanol–water partition coefficient (Wildman–Crippen LogP) is 8.68. The van der Waals surface area contributed by atoms with Crippen LogP contribution in [0.2, 0.25) is 0 Å². The third kappa shape index (κ3) is 8.37. The van der Waals surface area contributed by atoms with Crippen molar-refractivity contribution in [3.05, 3.63) is 59.7 Å². The lowest BCUT2D eigenvalue weighted by molar-refractivity contribution is -0.137. The van der Waals surface area contributed by atoms with Gasteiger partial charge < -0.3 is 9.47 Å². The van der Waals surface area contributed by atoms with Crippen LogP contribution >= 0.6 is 0 Å². The zero-order valence-corrected chi connectivity index (χ0v) is 20.5. The highest BCUT2D eigenvalue weighted by Gasteiger charge is 2.23. The van der Waals surface area contributed by atoms with Crippen molar-refractivity contribution >= 4 is 0 Å². The van der Waals surface area contributed by atoms with Crippen LogP contribution in [0.5, 0.6) is 0 Å². The van der Waals surface area contributed by atoms with Crippen LogP contribution in [0.15, 0.2) is 48.5 Å². The van der Waals surface area contributed by atoms with E-state index in [0.717, 1.165) is 13.0 Å². The summed E-state index contributed by atoms with van der Waals surface area (Å²) in [6, 6.07) is 18.0. The van der Waals surface area contributed by atoms with Crippen molar-refractivity contribution in [1.82, 2.24) is 0 Å². The number of benzene rings is 2. The molecule has 2 nitrogen and oxygen atoms in total. The fourth-order valence-corrected chi connectivity index (χ4v) is 4.56. The first-order valence-corrected chi connectivity index (χ1v) is 13.2. The van der Waals surface area contributed by atoms with E-state index in [4.69, 9.17) is 9.47 Å². The van der Waals surface area contributed by atoms with Gasteiger partial charge in [-0.05, 0) is 41.5 Å². The monoisotopic (exact) mass is 436 g/mol. The molecule has 0 amide bonds. The molecule has 2 heteroatoms. The van der Waals surface area contributed by atoms with E-state index in [1.54, 1.807) is 0 Å². The Bertz CT molecular complexity index is 726. The summed E-state index contributed by atoms with van der Waals surface area (Å²) in [6.07, 6.45) is 15.9. The molecular formula is C30H44O2. The second kappa shape index (κ2) is 14.5. The van der Waals surface area contributed by atoms with Crippen molar-refractivity contribution in [3.63, 3.8) is 0 Å². The van der Waals surface area contributed by atoms with Crippen LogP contribution in [0.3, 0.4) is 0 Å². The van der Waals surface area contributed by atoms with Gasteiger partial charge in [0.05, 0.1) is 19.3 Å². The Morgan fingerprint density at radius 1 is 0.625 bits per heavy atom. The van der Waals surface area contributed by atoms with E-state index in [1.807, 2.05) is 0 Å². The van der Waals surface area contributed by atoms with Gasteiger partial charge in [0.2, 0.25) is 0 Å². The molecule has 2 aromatic carbocycles. The highest BCUT2D eigenvalue weighted by molar-refractivity contribution is 5.64. The van der Waals surface area contributed by atoms with Crippen molar-refractivity contribution < 1.29 is 9.47 Å². The number of hydrogen-bond donors (Lipinski definition) is 0. The van der Waals surface area contributed by atoms with Crippen molar-refractivity contribution in [1.29, 1.82) is 0 Å². The Hall–Kier alpha value is -1.64. The largest absolute Gasteiger partial charge is 0.373 e. The van der Waals surface area contributed by atoms with Gasteiger partial charge in [-0.25, -0.2) is 0 Å². The molecule has 1 aliphatic heterocycles. The van der Waals surface area contributed by atoms with Gasteiger partial charge >= 0.3 is 0 Å². The van der Waals surface area contributed by atoms with Crippen molar-refractivity contribution in [2.24, 2.45) is 0 Å². The normalized spacial score (nSPS) is 18.7. The Labute approximate surface area is 196 Å². The first kappa shape index (κ1) is 25.0. The summed E-state index contributed by atoms with van der Waals surface area (Å²) in [4.78, 5) is 0. The van der Waals surface area contributed by atoms with E-state index in [2.05, 4.69) is 62.4 Å². The summed E-state index contributed by atoms with van der Waals surface area (Å²) >= 11 is 0. The lowest BCUT2D eigenvalue weighted by atomic mass is 9.99. The molecule has 1 heterocycles. The van der Waals surface area contributed by atoms with E-state index in [0.29, 0.717) is 6.61 Å². The van der Waals surface area contributed by atoms with Gasteiger partial charge in [-0.3, -0.25) is 0 Å². The molecule has 0 aromatic heterocycles. The van der Waals surface area contributed by atoms with E-state index in [9.17, 15) is 0 Å². The minimum atomic E-state index is 0.0653. The summed E-state index contributed by atoms with van der Waals surface area (Å²) in [5, 5.41) is 0. The fourth-order valence-electron chi connectivity index (χ4n) is 4.56. The number of aryl methyl sites for hydroxylation is 1. The SMILES string of the molecule is CCCCCCCc1ccc(-c2ccc(C3COC(CCCCCCC)CO3)cc2)cc1. The van der Waals surface area contributed by atoms with Crippen LogP contribution in [0, 0.1) is 0 Å². The van der Waals surface area contributed by atoms with E-state index < -0.39 is 0 Å². The zero-order valence-electron chi connectivity index (χ0n) is 20.5. The van der Waals surface area contributed by atoms with Crippen molar-refractivity contribution in [2.45, 2.75) is 103 Å². The molecule has 0 N–H and O–H groups in total. The average Bonchev–Trinajstić information content (AvgIpc) is 2.85. The molecule has 0 saturated carbocycles. The zero-order chi connectivity index (χ0) is 22.4. The van der Waals surface area contributed by atoms with Gasteiger partial charge in [-0.15, -0.1) is 0 Å². The topological polar surface area (TPSA) is 18.5 Å². The Morgan fingerprint density at radius 2 is 1.22 bits per heavy atom. The molecule has 3 rings (SSSR count). The maximum atomic E-state index is 6.15. The molecule has 2 unspecified atom stereocenters. The summed E-state index contributed by atoms with van der Waals surface area (Å²) in [5.74, 6) is 0. The van der Waals surface area contributed by atoms with Gasteiger partial charge in [-0.1, -0.05) is 120 Å². The molecule has 0 spiro atoms. The molecule has 1 saturated heterocycles. The third-order valence-corrected chi connectivity index (χ3v) is 6.73. The second-order valence-electron chi connectivity index (χ2n) is 9.46. The summed E-state index contributed by atoms with van der Waals surface area (Å²) in [7, 11) is 0. The predicted molar refractivity (Wildman–Crippen MR) is 136 cm³/mol. The number of hydrogen-bond acceptors (Lipinski definition) is 2. The van der Waals surface area contributed by atoms with Gasteiger partial charge in [0, 0.05) is 0 Å². The smallest absolute Gasteiger partial charge is 0.106 e. The molecule has 1 aliphatic rings. The molecule has 0 radical (unpaired) electrons. The standard InChI is InChI=1S/C30H44O2/c1-3-5-7-9-11-13-25-15-17-26(18-16-25)27-19-21-28(22-20-27)30-24-31-29(23-32-30)14-12-10-8-6-4-2/h15-22,29-30H,3-14,23-24H2,1-2H3. The summed E-state index contributed by atoms with van der Waals surface area (Å²) in [6.45, 7) is 5.93. The van der Waals surface area contributed by atoms with Crippen LogP contribution in [0.25, 0.3) is 11.1 Å². The number of ether oxygens (including phenoxy) is 2. The summed E-state index contributed by atoms with van der Waals surface area (Å²) < 4.78 is 12.3. The number of rotatable bonds is 14. The fraction of sp³-hybridized carbons (Fsp3) is 0.600. The minimum absolute atomic E-state index is 0.0653. The first-order chi connectivity index (χ1) is 15.8. The van der Waals surface area contributed by atoms with Gasteiger partial charge in [0.1, 0.15) is 6.10 Å². The van der Waals surface area contributed by atoms with Crippen molar-refractivity contribution in [2.75, 3.05) is 13.2 Å². The molecule has 176 valence electrons. The van der Waals surface area contributed by atoms with E-state index in [-0.39, 0.29) is 12.2 Å². The number of unbranched alkanes of at least 4 members (excludes halogenated alkanes) is 8. The molecule has 2 atom stereocenters. The highest BCUT2D eigenvalue weighted by atomic mass is 16.6. The maximum Gasteiger partial charge on any atom is 0.106 e. The van der Waals surface area contributed by atoms with Crippen LogP contribution in [0.1, 0.15) is 102 Å².